The lowest BCUT2D eigenvalue weighted by molar-refractivity contribution is -0.116. The normalized spacial score (nSPS) is 11.5. The van der Waals surface area contributed by atoms with Gasteiger partial charge in [0.25, 0.3) is 0 Å². The van der Waals surface area contributed by atoms with E-state index in [4.69, 9.17) is 5.73 Å². The molecule has 24 heavy (non-hydrogen) atoms. The van der Waals surface area contributed by atoms with E-state index in [1.165, 1.54) is 16.4 Å². The number of carbonyl (C=O) groups is 1. The molecule has 0 radical (unpaired) electrons. The molecule has 2 aromatic rings. The predicted molar refractivity (Wildman–Crippen MR) is 96.1 cm³/mol. The highest BCUT2D eigenvalue weighted by molar-refractivity contribution is 7.99. The number of anilines is 2. The molecule has 1 heterocycles. The molecule has 1 aromatic carbocycles. The van der Waals surface area contributed by atoms with Crippen molar-refractivity contribution in [1.82, 2.24) is 9.78 Å². The molecular formula is C15H20N4O3S2. The van der Waals surface area contributed by atoms with Gasteiger partial charge in [0.05, 0.1) is 0 Å². The number of nitrogens with zero attached hydrogens (tertiary/aromatic N) is 2. The van der Waals surface area contributed by atoms with Gasteiger partial charge < -0.3 is 11.1 Å². The van der Waals surface area contributed by atoms with Gasteiger partial charge in [-0.1, -0.05) is 12.1 Å². The van der Waals surface area contributed by atoms with Crippen molar-refractivity contribution >= 4 is 39.0 Å². The van der Waals surface area contributed by atoms with Crippen LogP contribution in [0.15, 0.2) is 28.1 Å². The van der Waals surface area contributed by atoms with Crippen LogP contribution in [-0.4, -0.2) is 36.6 Å². The van der Waals surface area contributed by atoms with Crippen molar-refractivity contribution in [3.8, 4) is 0 Å². The van der Waals surface area contributed by atoms with Crippen LogP contribution in [0.5, 0.6) is 0 Å². The molecule has 130 valence electrons. The standard InChI is InChI=1S/C15H20N4O3S2/c1-9-6-5-7-11(10(9)2)17-12(20)8-19-14(16)13(24(4,21)22)15(18-19)23-3/h5-7H,8,16H2,1-4H3,(H,17,20). The largest absolute Gasteiger partial charge is 0.383 e. The van der Waals surface area contributed by atoms with Crippen LogP contribution in [0.2, 0.25) is 0 Å². The second-order valence-corrected chi connectivity index (χ2v) is 8.20. The molecule has 0 unspecified atom stereocenters. The molecule has 0 spiro atoms. The van der Waals surface area contributed by atoms with Gasteiger partial charge in [0.15, 0.2) is 9.84 Å². The minimum atomic E-state index is -3.52. The number of nitrogens with two attached hydrogens (primary N) is 1. The Labute approximate surface area is 145 Å². The molecular weight excluding hydrogens is 348 g/mol. The summed E-state index contributed by atoms with van der Waals surface area (Å²) in [6, 6.07) is 5.62. The lowest BCUT2D eigenvalue weighted by Crippen LogP contribution is -2.21. The Morgan fingerprint density at radius 3 is 2.58 bits per heavy atom. The number of hydrogen-bond donors (Lipinski definition) is 2. The van der Waals surface area contributed by atoms with Crippen molar-refractivity contribution in [2.24, 2.45) is 0 Å². The van der Waals surface area contributed by atoms with Gasteiger partial charge in [-0.05, 0) is 37.3 Å². The molecule has 9 heteroatoms. The van der Waals surface area contributed by atoms with Gasteiger partial charge in [-0.25, -0.2) is 13.1 Å². The number of carbonyl (C=O) groups excluding carboxylic acids is 1. The Kier molecular flexibility index (Phi) is 5.24. The molecule has 0 aliphatic heterocycles. The van der Waals surface area contributed by atoms with Crippen LogP contribution in [0.3, 0.4) is 0 Å². The van der Waals surface area contributed by atoms with Crippen molar-refractivity contribution in [2.75, 3.05) is 23.6 Å². The smallest absolute Gasteiger partial charge is 0.246 e. The molecule has 1 aromatic heterocycles. The quantitative estimate of drug-likeness (QED) is 0.780. The zero-order valence-electron chi connectivity index (χ0n) is 14.0. The maximum Gasteiger partial charge on any atom is 0.246 e. The van der Waals surface area contributed by atoms with Gasteiger partial charge in [0.2, 0.25) is 5.91 Å². The molecule has 0 saturated carbocycles. The van der Waals surface area contributed by atoms with E-state index in [-0.39, 0.29) is 28.2 Å². The number of rotatable bonds is 5. The van der Waals surface area contributed by atoms with Crippen LogP contribution in [0.25, 0.3) is 0 Å². The highest BCUT2D eigenvalue weighted by atomic mass is 32.2. The zero-order chi connectivity index (χ0) is 18.1. The molecule has 0 bridgehead atoms. The fraction of sp³-hybridized carbons (Fsp3) is 0.333. The number of hydrogen-bond acceptors (Lipinski definition) is 6. The summed E-state index contributed by atoms with van der Waals surface area (Å²) >= 11 is 1.17. The minimum Gasteiger partial charge on any atom is -0.383 e. The number of nitrogens with one attached hydrogen (secondary N) is 1. The third-order valence-corrected chi connectivity index (χ3v) is 5.60. The van der Waals surface area contributed by atoms with Crippen LogP contribution in [0, 0.1) is 13.8 Å². The van der Waals surface area contributed by atoms with E-state index in [0.29, 0.717) is 5.69 Å². The first-order valence-electron chi connectivity index (χ1n) is 7.11. The number of benzene rings is 1. The number of aromatic nitrogens is 2. The Hall–Kier alpha value is -2.00. The summed E-state index contributed by atoms with van der Waals surface area (Å²) in [5, 5.41) is 7.22. The summed E-state index contributed by atoms with van der Waals surface area (Å²) < 4.78 is 24.9. The second kappa shape index (κ2) is 6.86. The summed E-state index contributed by atoms with van der Waals surface area (Å²) in [5.74, 6) is -0.358. The number of amides is 1. The average Bonchev–Trinajstić information content (AvgIpc) is 2.80. The maximum absolute atomic E-state index is 12.3. The fourth-order valence-corrected chi connectivity index (χ4v) is 4.27. The summed E-state index contributed by atoms with van der Waals surface area (Å²) in [7, 11) is -3.52. The van der Waals surface area contributed by atoms with E-state index in [0.717, 1.165) is 17.4 Å². The van der Waals surface area contributed by atoms with Crippen LogP contribution in [0.4, 0.5) is 11.5 Å². The predicted octanol–water partition coefficient (Wildman–Crippen LogP) is 1.85. The minimum absolute atomic E-state index is 0.0297. The molecule has 7 nitrogen and oxygen atoms in total. The van der Waals surface area contributed by atoms with Crippen LogP contribution < -0.4 is 11.1 Å². The van der Waals surface area contributed by atoms with Crippen molar-refractivity contribution in [3.05, 3.63) is 29.3 Å². The van der Waals surface area contributed by atoms with Crippen molar-refractivity contribution in [1.29, 1.82) is 0 Å². The van der Waals surface area contributed by atoms with Gasteiger partial charge in [-0.15, -0.1) is 11.8 Å². The van der Waals surface area contributed by atoms with Crippen LogP contribution in [-0.2, 0) is 21.2 Å². The van der Waals surface area contributed by atoms with E-state index in [9.17, 15) is 13.2 Å². The maximum atomic E-state index is 12.3. The number of sulfone groups is 1. The average molecular weight is 368 g/mol. The van der Waals surface area contributed by atoms with E-state index in [1.807, 2.05) is 32.0 Å². The first-order valence-corrected chi connectivity index (χ1v) is 10.2. The highest BCUT2D eigenvalue weighted by Gasteiger charge is 2.24. The lowest BCUT2D eigenvalue weighted by atomic mass is 10.1. The summed E-state index contributed by atoms with van der Waals surface area (Å²) in [4.78, 5) is 12.2. The Morgan fingerprint density at radius 2 is 2.04 bits per heavy atom. The highest BCUT2D eigenvalue weighted by Crippen LogP contribution is 2.29. The van der Waals surface area contributed by atoms with Crippen molar-refractivity contribution in [3.63, 3.8) is 0 Å². The Balaban J connectivity index is 2.27. The van der Waals surface area contributed by atoms with Gasteiger partial charge >= 0.3 is 0 Å². The van der Waals surface area contributed by atoms with Crippen LogP contribution in [0.1, 0.15) is 11.1 Å². The van der Waals surface area contributed by atoms with Gasteiger partial charge in [0, 0.05) is 11.9 Å². The summed E-state index contributed by atoms with van der Waals surface area (Å²) in [6.07, 6.45) is 2.78. The lowest BCUT2D eigenvalue weighted by Gasteiger charge is -2.11. The molecule has 2 rings (SSSR count). The second-order valence-electron chi connectivity index (χ2n) is 5.45. The van der Waals surface area contributed by atoms with Crippen molar-refractivity contribution < 1.29 is 13.2 Å². The molecule has 0 saturated heterocycles. The molecule has 1 amide bonds. The van der Waals surface area contributed by atoms with E-state index in [1.54, 1.807) is 6.26 Å². The number of thioether (sulfide) groups is 1. The Bertz CT molecular complexity index is 888. The first kappa shape index (κ1) is 18.3. The molecule has 0 fully saturated rings. The van der Waals surface area contributed by atoms with Gasteiger partial charge in [0.1, 0.15) is 22.3 Å². The van der Waals surface area contributed by atoms with E-state index >= 15 is 0 Å². The molecule has 0 aliphatic carbocycles. The van der Waals surface area contributed by atoms with Crippen molar-refractivity contribution in [2.45, 2.75) is 30.3 Å². The summed E-state index contributed by atoms with van der Waals surface area (Å²) in [6.45, 7) is 3.71. The zero-order valence-corrected chi connectivity index (χ0v) is 15.6. The third kappa shape index (κ3) is 3.73. The van der Waals surface area contributed by atoms with Gasteiger partial charge in [-0.3, -0.25) is 4.79 Å². The first-order chi connectivity index (χ1) is 11.1. The fourth-order valence-electron chi connectivity index (χ4n) is 2.25. The molecule has 3 N–H and O–H groups in total. The summed E-state index contributed by atoms with van der Waals surface area (Å²) in [5.41, 5.74) is 8.64. The SMILES string of the molecule is CSc1nn(CC(=O)Nc2cccc(C)c2C)c(N)c1S(C)(=O)=O. The Morgan fingerprint density at radius 1 is 1.38 bits per heavy atom. The number of nitrogen functional groups attached to an aromatic ring is 1. The monoisotopic (exact) mass is 368 g/mol. The van der Waals surface area contributed by atoms with Gasteiger partial charge in [-0.2, -0.15) is 5.10 Å². The molecule has 0 aliphatic rings. The molecule has 0 atom stereocenters. The van der Waals surface area contributed by atoms with E-state index < -0.39 is 9.84 Å². The topological polar surface area (TPSA) is 107 Å². The van der Waals surface area contributed by atoms with Crippen LogP contribution >= 0.6 is 11.8 Å². The third-order valence-electron chi connectivity index (χ3n) is 3.65. The van der Waals surface area contributed by atoms with E-state index in [2.05, 4.69) is 10.4 Å². The number of aryl methyl sites for hydroxylation is 1.